The molecule has 0 aliphatic rings. The first kappa shape index (κ1) is 18.8. The second-order valence-electron chi connectivity index (χ2n) is 6.26. The summed E-state index contributed by atoms with van der Waals surface area (Å²) in [6.45, 7) is 3.94. The van der Waals surface area contributed by atoms with E-state index in [-0.39, 0.29) is 24.6 Å². The summed E-state index contributed by atoms with van der Waals surface area (Å²) in [4.78, 5) is 12.4. The van der Waals surface area contributed by atoms with Crippen molar-refractivity contribution < 1.29 is 14.6 Å². The molecule has 2 aromatic rings. The Balaban J connectivity index is 2.06. The van der Waals surface area contributed by atoms with Crippen LogP contribution < -0.4 is 15.4 Å². The Bertz CT molecular complexity index is 656. The van der Waals surface area contributed by atoms with Crippen molar-refractivity contribution in [2.45, 2.75) is 25.9 Å². The van der Waals surface area contributed by atoms with E-state index in [1.54, 1.807) is 7.11 Å². The number of rotatable bonds is 7. The molecule has 2 amide bonds. The lowest BCUT2D eigenvalue weighted by atomic mass is 9.96. The van der Waals surface area contributed by atoms with Crippen molar-refractivity contribution in [3.63, 3.8) is 0 Å². The van der Waals surface area contributed by atoms with Gasteiger partial charge in [-0.15, -0.1) is 0 Å². The number of aliphatic hydroxyl groups excluding tert-OH is 1. The van der Waals surface area contributed by atoms with Gasteiger partial charge < -0.3 is 20.5 Å². The highest BCUT2D eigenvalue weighted by molar-refractivity contribution is 5.75. The maximum atomic E-state index is 12.4. The molecule has 3 N–H and O–H groups in total. The monoisotopic (exact) mass is 342 g/mol. The molecule has 5 heteroatoms. The number of aliphatic hydroxyl groups is 1. The van der Waals surface area contributed by atoms with Crippen molar-refractivity contribution in [2.75, 3.05) is 13.7 Å². The molecule has 2 unspecified atom stereocenters. The summed E-state index contributed by atoms with van der Waals surface area (Å²) in [7, 11) is 1.62. The minimum atomic E-state index is -0.440. The molecule has 134 valence electrons. The normalized spacial score (nSPS) is 13.2. The molecule has 0 aliphatic heterocycles. The average molecular weight is 342 g/mol. The topological polar surface area (TPSA) is 70.6 Å². The predicted octanol–water partition coefficient (Wildman–Crippen LogP) is 3.43. The summed E-state index contributed by atoms with van der Waals surface area (Å²) in [6, 6.07) is 16.2. The quantitative estimate of drug-likeness (QED) is 0.722. The molecule has 2 atom stereocenters. The van der Waals surface area contributed by atoms with Gasteiger partial charge in [-0.05, 0) is 29.2 Å². The van der Waals surface area contributed by atoms with Crippen LogP contribution in [0.15, 0.2) is 54.6 Å². The van der Waals surface area contributed by atoms with E-state index in [0.29, 0.717) is 0 Å². The first-order chi connectivity index (χ1) is 12.0. The zero-order valence-corrected chi connectivity index (χ0v) is 14.9. The highest BCUT2D eigenvalue weighted by atomic mass is 16.5. The van der Waals surface area contributed by atoms with E-state index in [1.165, 1.54) is 0 Å². The van der Waals surface area contributed by atoms with Crippen LogP contribution in [0.3, 0.4) is 0 Å². The van der Waals surface area contributed by atoms with E-state index in [1.807, 2.05) is 54.6 Å². The molecule has 2 rings (SSSR count). The highest BCUT2D eigenvalue weighted by Gasteiger charge is 2.20. The molecule has 0 aromatic heterocycles. The van der Waals surface area contributed by atoms with E-state index in [0.717, 1.165) is 16.9 Å². The second kappa shape index (κ2) is 9.08. The van der Waals surface area contributed by atoms with Gasteiger partial charge in [-0.25, -0.2) is 4.79 Å². The number of carbonyl (C=O) groups is 1. The summed E-state index contributed by atoms with van der Waals surface area (Å²) < 4.78 is 5.18. The predicted molar refractivity (Wildman–Crippen MR) is 98.5 cm³/mol. The Morgan fingerprint density at radius 2 is 1.64 bits per heavy atom. The number of methoxy groups -OCH3 is 1. The van der Waals surface area contributed by atoms with E-state index < -0.39 is 6.04 Å². The molecule has 0 aliphatic carbocycles. The minimum absolute atomic E-state index is 0.138. The maximum absolute atomic E-state index is 12.4. The molecule has 2 aromatic carbocycles. The standard InChI is InChI=1S/C20H26N2O3/c1-14(2)19(16-9-11-17(25-3)12-10-16)22-20(24)21-18(13-23)15-7-5-4-6-8-15/h4-12,14,18-19,23H,13H2,1-3H3,(H2,21,22,24). The van der Waals surface area contributed by atoms with Crippen molar-refractivity contribution in [3.8, 4) is 5.75 Å². The number of nitrogens with one attached hydrogen (secondary N) is 2. The van der Waals surface area contributed by atoms with E-state index in [2.05, 4.69) is 24.5 Å². The second-order valence-corrected chi connectivity index (χ2v) is 6.26. The molecule has 0 heterocycles. The van der Waals surface area contributed by atoms with Gasteiger partial charge >= 0.3 is 6.03 Å². The molecule has 5 nitrogen and oxygen atoms in total. The van der Waals surface area contributed by atoms with Crippen LogP contribution in [-0.2, 0) is 0 Å². The lowest BCUT2D eigenvalue weighted by Crippen LogP contribution is -2.42. The van der Waals surface area contributed by atoms with Crippen LogP contribution in [0, 0.1) is 5.92 Å². The molecule has 0 spiro atoms. The maximum Gasteiger partial charge on any atom is 0.315 e. The van der Waals surface area contributed by atoms with Crippen molar-refractivity contribution in [1.82, 2.24) is 10.6 Å². The Morgan fingerprint density at radius 1 is 1.00 bits per heavy atom. The van der Waals surface area contributed by atoms with Crippen molar-refractivity contribution in [2.24, 2.45) is 5.92 Å². The van der Waals surface area contributed by atoms with Gasteiger partial charge in [0.1, 0.15) is 5.75 Å². The first-order valence-electron chi connectivity index (χ1n) is 8.42. The molecular formula is C20H26N2O3. The van der Waals surface area contributed by atoms with Crippen LogP contribution in [0.25, 0.3) is 0 Å². The molecular weight excluding hydrogens is 316 g/mol. The fourth-order valence-corrected chi connectivity index (χ4v) is 2.71. The Kier molecular flexibility index (Phi) is 6.83. The van der Waals surface area contributed by atoms with Gasteiger partial charge in [0.05, 0.1) is 25.8 Å². The molecule has 0 saturated carbocycles. The van der Waals surface area contributed by atoms with Crippen molar-refractivity contribution in [1.29, 1.82) is 0 Å². The van der Waals surface area contributed by atoms with Crippen LogP contribution in [0.1, 0.15) is 37.1 Å². The third-order valence-electron chi connectivity index (χ3n) is 4.12. The van der Waals surface area contributed by atoms with Crippen molar-refractivity contribution >= 4 is 6.03 Å². The Morgan fingerprint density at radius 3 is 2.16 bits per heavy atom. The average Bonchev–Trinajstić information content (AvgIpc) is 2.64. The van der Waals surface area contributed by atoms with Crippen LogP contribution in [0.5, 0.6) is 5.75 Å². The lowest BCUT2D eigenvalue weighted by molar-refractivity contribution is 0.211. The van der Waals surface area contributed by atoms with Gasteiger partial charge in [-0.2, -0.15) is 0 Å². The number of amides is 2. The zero-order chi connectivity index (χ0) is 18.2. The SMILES string of the molecule is COc1ccc(C(NC(=O)NC(CO)c2ccccc2)C(C)C)cc1. The van der Waals surface area contributed by atoms with Gasteiger partial charge in [-0.3, -0.25) is 0 Å². The number of urea groups is 1. The molecule has 25 heavy (non-hydrogen) atoms. The molecule has 0 fully saturated rings. The third-order valence-corrected chi connectivity index (χ3v) is 4.12. The highest BCUT2D eigenvalue weighted by Crippen LogP contribution is 2.24. The van der Waals surface area contributed by atoms with Gasteiger partial charge in [0, 0.05) is 0 Å². The van der Waals surface area contributed by atoms with E-state index in [9.17, 15) is 9.90 Å². The van der Waals surface area contributed by atoms with Crippen LogP contribution in [0.4, 0.5) is 4.79 Å². The number of ether oxygens (including phenoxy) is 1. The van der Waals surface area contributed by atoms with Gasteiger partial charge in [0.15, 0.2) is 0 Å². The summed E-state index contributed by atoms with van der Waals surface area (Å²) in [5.74, 6) is 0.989. The van der Waals surface area contributed by atoms with Gasteiger partial charge in [0.25, 0.3) is 0 Å². The Hall–Kier alpha value is -2.53. The summed E-state index contributed by atoms with van der Waals surface area (Å²) >= 11 is 0. The number of benzene rings is 2. The number of carbonyl (C=O) groups excluding carboxylic acids is 1. The van der Waals surface area contributed by atoms with Crippen LogP contribution >= 0.6 is 0 Å². The minimum Gasteiger partial charge on any atom is -0.497 e. The van der Waals surface area contributed by atoms with Gasteiger partial charge in [0.2, 0.25) is 0 Å². The third kappa shape index (κ3) is 5.22. The van der Waals surface area contributed by atoms with Crippen LogP contribution in [0.2, 0.25) is 0 Å². The largest absolute Gasteiger partial charge is 0.497 e. The Labute approximate surface area is 149 Å². The summed E-state index contributed by atoms with van der Waals surface area (Å²) in [5, 5.41) is 15.4. The fraction of sp³-hybridized carbons (Fsp3) is 0.350. The number of hydrogen-bond donors (Lipinski definition) is 3. The molecule has 0 bridgehead atoms. The van der Waals surface area contributed by atoms with E-state index in [4.69, 9.17) is 4.74 Å². The summed E-state index contributed by atoms with van der Waals surface area (Å²) in [5.41, 5.74) is 1.87. The van der Waals surface area contributed by atoms with Gasteiger partial charge in [-0.1, -0.05) is 56.3 Å². The lowest BCUT2D eigenvalue weighted by Gasteiger charge is -2.25. The molecule has 0 radical (unpaired) electrons. The van der Waals surface area contributed by atoms with Crippen LogP contribution in [-0.4, -0.2) is 24.9 Å². The fourth-order valence-electron chi connectivity index (χ4n) is 2.71. The zero-order valence-electron chi connectivity index (χ0n) is 14.9. The number of hydrogen-bond acceptors (Lipinski definition) is 3. The smallest absolute Gasteiger partial charge is 0.315 e. The first-order valence-corrected chi connectivity index (χ1v) is 8.42. The van der Waals surface area contributed by atoms with Crippen molar-refractivity contribution in [3.05, 3.63) is 65.7 Å². The molecule has 0 saturated heterocycles. The van der Waals surface area contributed by atoms with E-state index >= 15 is 0 Å². The summed E-state index contributed by atoms with van der Waals surface area (Å²) in [6.07, 6.45) is 0.